The van der Waals surface area contributed by atoms with Crippen molar-refractivity contribution in [3.05, 3.63) is 29.8 Å². The topological polar surface area (TPSA) is 113 Å². The molecule has 1 aromatic carbocycles. The average molecular weight is 318 g/mol. The SMILES string of the molecule is CC(CO)SCCS(=O)(=O)c1ccc(/C(N)=N/O)cc1. The summed E-state index contributed by atoms with van der Waals surface area (Å²) in [6.07, 6.45) is 0. The third-order valence-electron chi connectivity index (χ3n) is 2.63. The molecular formula is C12H18N2O4S2. The second-order valence-corrected chi connectivity index (χ2v) is 7.85. The number of hydrogen-bond donors (Lipinski definition) is 3. The van der Waals surface area contributed by atoms with Gasteiger partial charge >= 0.3 is 0 Å². The fraction of sp³-hybridized carbons (Fsp3) is 0.417. The lowest BCUT2D eigenvalue weighted by Crippen LogP contribution is -2.14. The number of nitrogens with two attached hydrogens (primary N) is 1. The Morgan fingerprint density at radius 3 is 2.50 bits per heavy atom. The second-order valence-electron chi connectivity index (χ2n) is 4.19. The molecule has 1 unspecified atom stereocenters. The van der Waals surface area contributed by atoms with Gasteiger partial charge in [-0.3, -0.25) is 0 Å². The van der Waals surface area contributed by atoms with Gasteiger partial charge < -0.3 is 16.0 Å². The molecule has 4 N–H and O–H groups in total. The number of hydrogen-bond acceptors (Lipinski definition) is 6. The minimum Gasteiger partial charge on any atom is -0.409 e. The Bertz CT molecular complexity index is 555. The van der Waals surface area contributed by atoms with Gasteiger partial charge in [0.05, 0.1) is 17.3 Å². The minimum atomic E-state index is -3.36. The summed E-state index contributed by atoms with van der Waals surface area (Å²) >= 11 is 1.41. The van der Waals surface area contributed by atoms with Crippen molar-refractivity contribution in [1.82, 2.24) is 0 Å². The van der Waals surface area contributed by atoms with Crippen LogP contribution in [0, 0.1) is 0 Å². The first-order chi connectivity index (χ1) is 9.40. The van der Waals surface area contributed by atoms with Crippen LogP contribution in [0.2, 0.25) is 0 Å². The highest BCUT2D eigenvalue weighted by molar-refractivity contribution is 8.01. The van der Waals surface area contributed by atoms with E-state index < -0.39 is 9.84 Å². The number of thioether (sulfide) groups is 1. The Labute approximate surface area is 122 Å². The van der Waals surface area contributed by atoms with Crippen molar-refractivity contribution in [2.24, 2.45) is 10.9 Å². The van der Waals surface area contributed by atoms with Crippen molar-refractivity contribution in [3.63, 3.8) is 0 Å². The van der Waals surface area contributed by atoms with Crippen molar-refractivity contribution in [1.29, 1.82) is 0 Å². The number of rotatable bonds is 7. The Morgan fingerprint density at radius 2 is 2.00 bits per heavy atom. The summed E-state index contributed by atoms with van der Waals surface area (Å²) in [4.78, 5) is 0.198. The fourth-order valence-corrected chi connectivity index (χ4v) is 3.98. The van der Waals surface area contributed by atoms with E-state index in [1.165, 1.54) is 36.0 Å². The molecule has 20 heavy (non-hydrogen) atoms. The third kappa shape index (κ3) is 4.69. The van der Waals surface area contributed by atoms with Crippen LogP contribution in [0.25, 0.3) is 0 Å². The largest absolute Gasteiger partial charge is 0.409 e. The molecule has 0 aliphatic carbocycles. The number of aliphatic hydroxyl groups is 1. The van der Waals surface area contributed by atoms with Crippen molar-refractivity contribution in [3.8, 4) is 0 Å². The van der Waals surface area contributed by atoms with E-state index in [4.69, 9.17) is 16.0 Å². The lowest BCUT2D eigenvalue weighted by atomic mass is 10.2. The monoisotopic (exact) mass is 318 g/mol. The Morgan fingerprint density at radius 1 is 1.40 bits per heavy atom. The predicted octanol–water partition coefficient (Wildman–Crippen LogP) is 0.669. The molecule has 1 atom stereocenters. The molecule has 0 heterocycles. The lowest BCUT2D eigenvalue weighted by molar-refractivity contribution is 0.300. The summed E-state index contributed by atoms with van der Waals surface area (Å²) in [5.74, 6) is 0.359. The van der Waals surface area contributed by atoms with E-state index >= 15 is 0 Å². The predicted molar refractivity (Wildman–Crippen MR) is 80.0 cm³/mol. The van der Waals surface area contributed by atoms with Crippen LogP contribution in [0.1, 0.15) is 12.5 Å². The summed E-state index contributed by atoms with van der Waals surface area (Å²) in [5, 5.41) is 20.3. The Hall–Kier alpha value is -1.25. The zero-order valence-electron chi connectivity index (χ0n) is 11.1. The molecule has 8 heteroatoms. The van der Waals surface area contributed by atoms with Gasteiger partial charge in [0, 0.05) is 16.6 Å². The third-order valence-corrected chi connectivity index (χ3v) is 5.78. The summed E-state index contributed by atoms with van der Waals surface area (Å²) in [5.41, 5.74) is 5.86. The molecule has 0 fully saturated rings. The van der Waals surface area contributed by atoms with E-state index in [2.05, 4.69) is 5.16 Å². The summed E-state index contributed by atoms with van der Waals surface area (Å²) in [6, 6.07) is 5.85. The lowest BCUT2D eigenvalue weighted by Gasteiger charge is -2.08. The molecule has 6 nitrogen and oxygen atoms in total. The molecule has 0 radical (unpaired) electrons. The van der Waals surface area contributed by atoms with E-state index in [1.807, 2.05) is 6.92 Å². The van der Waals surface area contributed by atoms with Crippen LogP contribution < -0.4 is 5.73 Å². The van der Waals surface area contributed by atoms with Crippen molar-refractivity contribution in [2.75, 3.05) is 18.1 Å². The van der Waals surface area contributed by atoms with Crippen LogP contribution >= 0.6 is 11.8 Å². The maximum atomic E-state index is 12.1. The van der Waals surface area contributed by atoms with Crippen LogP contribution in [-0.4, -0.2) is 47.9 Å². The van der Waals surface area contributed by atoms with Crippen molar-refractivity contribution >= 4 is 27.4 Å². The average Bonchev–Trinajstić information content (AvgIpc) is 2.46. The Balaban J connectivity index is 2.73. The first-order valence-corrected chi connectivity index (χ1v) is 8.64. The zero-order chi connectivity index (χ0) is 15.2. The van der Waals surface area contributed by atoms with Gasteiger partial charge in [-0.05, 0) is 24.3 Å². The number of benzene rings is 1. The molecule has 1 aromatic rings. The fourth-order valence-electron chi connectivity index (χ4n) is 1.42. The number of oxime groups is 1. The number of sulfone groups is 1. The van der Waals surface area contributed by atoms with Gasteiger partial charge in [-0.1, -0.05) is 12.1 Å². The molecule has 1 rings (SSSR count). The van der Waals surface area contributed by atoms with Gasteiger partial charge in [-0.25, -0.2) is 8.42 Å². The Kier molecular flexibility index (Phi) is 6.31. The summed E-state index contributed by atoms with van der Waals surface area (Å²) < 4.78 is 24.1. The van der Waals surface area contributed by atoms with E-state index in [0.717, 1.165) is 0 Å². The maximum absolute atomic E-state index is 12.1. The molecule has 0 bridgehead atoms. The van der Waals surface area contributed by atoms with Crippen LogP contribution in [0.5, 0.6) is 0 Å². The maximum Gasteiger partial charge on any atom is 0.179 e. The molecule has 0 aromatic heterocycles. The van der Waals surface area contributed by atoms with Crippen LogP contribution in [0.4, 0.5) is 0 Å². The molecule has 112 valence electrons. The molecule has 0 saturated carbocycles. The summed E-state index contributed by atoms with van der Waals surface area (Å²) in [6.45, 7) is 1.86. The van der Waals surface area contributed by atoms with Gasteiger partial charge in [-0.15, -0.1) is 0 Å². The minimum absolute atomic E-state index is 0.00489. The first kappa shape index (κ1) is 16.8. The molecular weight excluding hydrogens is 300 g/mol. The molecule has 0 amide bonds. The van der Waals surface area contributed by atoms with Gasteiger partial charge in [-0.2, -0.15) is 11.8 Å². The summed E-state index contributed by atoms with van der Waals surface area (Å²) in [7, 11) is -3.36. The highest BCUT2D eigenvalue weighted by Crippen LogP contribution is 2.16. The molecule has 0 aliphatic heterocycles. The highest BCUT2D eigenvalue weighted by atomic mass is 32.2. The van der Waals surface area contributed by atoms with Crippen LogP contribution in [0.3, 0.4) is 0 Å². The smallest absolute Gasteiger partial charge is 0.179 e. The number of aliphatic hydroxyl groups excluding tert-OH is 1. The number of nitrogens with zero attached hydrogens (tertiary/aromatic N) is 1. The van der Waals surface area contributed by atoms with E-state index in [-0.39, 0.29) is 28.3 Å². The van der Waals surface area contributed by atoms with Gasteiger partial charge in [0.15, 0.2) is 15.7 Å². The normalized spacial score (nSPS) is 14.2. The molecule has 0 aliphatic rings. The first-order valence-electron chi connectivity index (χ1n) is 5.94. The van der Waals surface area contributed by atoms with Crippen LogP contribution in [-0.2, 0) is 9.84 Å². The van der Waals surface area contributed by atoms with Crippen molar-refractivity contribution in [2.45, 2.75) is 17.1 Å². The van der Waals surface area contributed by atoms with Crippen LogP contribution in [0.15, 0.2) is 34.3 Å². The van der Waals surface area contributed by atoms with E-state index in [1.54, 1.807) is 0 Å². The van der Waals surface area contributed by atoms with Crippen molar-refractivity contribution < 1.29 is 18.7 Å². The molecule has 0 saturated heterocycles. The zero-order valence-corrected chi connectivity index (χ0v) is 12.7. The van der Waals surface area contributed by atoms with Gasteiger partial charge in [0.25, 0.3) is 0 Å². The second kappa shape index (κ2) is 7.51. The number of amidine groups is 1. The van der Waals surface area contributed by atoms with Gasteiger partial charge in [0.1, 0.15) is 0 Å². The van der Waals surface area contributed by atoms with E-state index in [0.29, 0.717) is 11.3 Å². The van der Waals surface area contributed by atoms with Gasteiger partial charge in [0.2, 0.25) is 0 Å². The highest BCUT2D eigenvalue weighted by Gasteiger charge is 2.15. The van der Waals surface area contributed by atoms with E-state index in [9.17, 15) is 8.42 Å². The quantitative estimate of drug-likeness (QED) is 0.295. The molecule has 0 spiro atoms. The standard InChI is InChI=1S/C12H18N2O4S2/c1-9(8-15)19-6-7-20(17,18)11-4-2-10(3-5-11)12(13)14-16/h2-5,9,15-16H,6-8H2,1H3,(H2,13,14).